The number of nitriles is 1. The van der Waals surface area contributed by atoms with Gasteiger partial charge in [-0.15, -0.1) is 0 Å². The van der Waals surface area contributed by atoms with Gasteiger partial charge in [-0.3, -0.25) is 4.72 Å². The third-order valence-corrected chi connectivity index (χ3v) is 6.98. The van der Waals surface area contributed by atoms with Crippen molar-refractivity contribution in [3.05, 3.63) is 107 Å². The van der Waals surface area contributed by atoms with Crippen molar-refractivity contribution in [3.63, 3.8) is 0 Å². The van der Waals surface area contributed by atoms with Gasteiger partial charge < -0.3 is 10.5 Å². The van der Waals surface area contributed by atoms with E-state index in [9.17, 15) is 22.5 Å². The minimum Gasteiger partial charge on any atom is -0.479 e. The summed E-state index contributed by atoms with van der Waals surface area (Å²) in [4.78, 5) is 3.67. The fraction of sp³-hybridized carbons (Fsp3) is 0.0714. The van der Waals surface area contributed by atoms with E-state index in [-0.39, 0.29) is 11.6 Å². The Labute approximate surface area is 218 Å². The van der Waals surface area contributed by atoms with E-state index >= 15 is 0 Å². The third-order valence-electron chi connectivity index (χ3n) is 5.59. The second-order valence-electron chi connectivity index (χ2n) is 8.22. The van der Waals surface area contributed by atoms with Crippen LogP contribution in [0.1, 0.15) is 11.1 Å². The summed E-state index contributed by atoms with van der Waals surface area (Å²) in [5.74, 6) is -2.19. The number of benzene rings is 3. The van der Waals surface area contributed by atoms with Crippen LogP contribution < -0.4 is 15.2 Å². The van der Waals surface area contributed by atoms with Gasteiger partial charge in [0.15, 0.2) is 0 Å². The first-order chi connectivity index (χ1) is 18.2. The summed E-state index contributed by atoms with van der Waals surface area (Å²) in [5.41, 5.74) is 9.87. The highest BCUT2D eigenvalue weighted by atomic mass is 32.2. The van der Waals surface area contributed by atoms with E-state index in [4.69, 9.17) is 10.5 Å². The number of halogens is 2. The lowest BCUT2D eigenvalue weighted by molar-refractivity contribution is 0.400. The monoisotopic (exact) mass is 532 g/mol. The summed E-state index contributed by atoms with van der Waals surface area (Å²) in [7, 11) is -3.08. The summed E-state index contributed by atoms with van der Waals surface area (Å²) >= 11 is 0. The molecule has 4 aromatic rings. The number of pyridine rings is 1. The Hall–Kier alpha value is -4.75. The second-order valence-corrected chi connectivity index (χ2v) is 9.87. The molecule has 3 N–H and O–H groups in total. The molecule has 7 nitrogen and oxygen atoms in total. The summed E-state index contributed by atoms with van der Waals surface area (Å²) in [5, 5.41) is 9.64. The molecule has 10 heteroatoms. The molecule has 0 fully saturated rings. The van der Waals surface area contributed by atoms with Gasteiger partial charge in [0.25, 0.3) is 10.0 Å². The fourth-order valence-electron chi connectivity index (χ4n) is 3.72. The summed E-state index contributed by atoms with van der Waals surface area (Å²) in [6, 6.07) is 22.0. The smallest absolute Gasteiger partial charge is 0.264 e. The molecule has 192 valence electrons. The fourth-order valence-corrected chi connectivity index (χ4v) is 4.84. The van der Waals surface area contributed by atoms with Crippen molar-refractivity contribution in [1.82, 2.24) is 4.98 Å². The number of anilines is 2. The molecule has 0 spiro atoms. The Balaban J connectivity index is 1.63. The first-order valence-corrected chi connectivity index (χ1v) is 12.8. The number of sulfonamides is 1. The molecule has 4 rings (SSSR count). The standard InChI is InChI=1S/C28H22F2N4O3S/c1-37-28-26(34-38(35,36)27-12-8-22(29)16-23(27)30)11-10-25(33-28)20-7-9-24(32)21(15-20)14-19(17-31)13-18-5-3-2-4-6-18/h2-13,15-16,34H,14,32H2,1H3/b19-13+. The second kappa shape index (κ2) is 11.1. The molecule has 0 atom stereocenters. The van der Waals surface area contributed by atoms with Gasteiger partial charge in [0.1, 0.15) is 22.2 Å². The summed E-state index contributed by atoms with van der Waals surface area (Å²) < 4.78 is 60.2. The number of nitrogen functional groups attached to an aromatic ring is 1. The van der Waals surface area contributed by atoms with Gasteiger partial charge >= 0.3 is 0 Å². The topological polar surface area (TPSA) is 118 Å². The van der Waals surface area contributed by atoms with Gasteiger partial charge in [0.2, 0.25) is 5.88 Å². The van der Waals surface area contributed by atoms with Crippen LogP contribution in [0.3, 0.4) is 0 Å². The molecular weight excluding hydrogens is 510 g/mol. The van der Waals surface area contributed by atoms with Crippen LogP contribution in [-0.2, 0) is 16.4 Å². The maximum atomic E-state index is 14.1. The average molecular weight is 533 g/mol. The number of aromatic nitrogens is 1. The van der Waals surface area contributed by atoms with E-state index in [2.05, 4.69) is 15.8 Å². The molecule has 0 saturated carbocycles. The predicted molar refractivity (Wildman–Crippen MR) is 142 cm³/mol. The number of nitrogens with one attached hydrogen (secondary N) is 1. The van der Waals surface area contributed by atoms with Crippen molar-refractivity contribution in [3.8, 4) is 23.2 Å². The number of hydrogen-bond donors (Lipinski definition) is 2. The van der Waals surface area contributed by atoms with Gasteiger partial charge in [-0.2, -0.15) is 5.26 Å². The summed E-state index contributed by atoms with van der Waals surface area (Å²) in [6.07, 6.45) is 2.08. The zero-order valence-electron chi connectivity index (χ0n) is 20.2. The van der Waals surface area contributed by atoms with Crippen molar-refractivity contribution >= 4 is 27.5 Å². The van der Waals surface area contributed by atoms with Gasteiger partial charge in [-0.25, -0.2) is 22.2 Å². The molecular formula is C28H22F2N4O3S. The number of rotatable bonds is 8. The van der Waals surface area contributed by atoms with E-state index in [0.717, 1.165) is 17.7 Å². The van der Waals surface area contributed by atoms with Crippen LogP contribution in [0, 0.1) is 23.0 Å². The molecule has 0 aliphatic rings. The van der Waals surface area contributed by atoms with Crippen molar-refractivity contribution in [1.29, 1.82) is 5.26 Å². The molecule has 3 aromatic carbocycles. The number of nitrogens with zero attached hydrogens (tertiary/aromatic N) is 2. The van der Waals surface area contributed by atoms with Crippen molar-refractivity contribution in [2.24, 2.45) is 0 Å². The van der Waals surface area contributed by atoms with Crippen LogP contribution in [0.15, 0.2) is 89.3 Å². The van der Waals surface area contributed by atoms with Gasteiger partial charge in [0, 0.05) is 29.3 Å². The van der Waals surface area contributed by atoms with Crippen LogP contribution in [0.25, 0.3) is 17.3 Å². The van der Waals surface area contributed by atoms with Crippen molar-refractivity contribution in [2.75, 3.05) is 17.6 Å². The molecule has 0 aliphatic heterocycles. The molecule has 0 bridgehead atoms. The zero-order valence-corrected chi connectivity index (χ0v) is 21.0. The van der Waals surface area contributed by atoms with Gasteiger partial charge in [-0.05, 0) is 53.6 Å². The highest BCUT2D eigenvalue weighted by molar-refractivity contribution is 7.92. The molecule has 1 heterocycles. The van der Waals surface area contributed by atoms with E-state index in [1.165, 1.54) is 13.2 Å². The minimum absolute atomic E-state index is 0.0341. The van der Waals surface area contributed by atoms with Crippen LogP contribution in [0.2, 0.25) is 0 Å². The van der Waals surface area contributed by atoms with Crippen LogP contribution in [0.5, 0.6) is 5.88 Å². The Kier molecular flexibility index (Phi) is 7.69. The largest absolute Gasteiger partial charge is 0.479 e. The number of nitrogens with two attached hydrogens (primary N) is 1. The zero-order chi connectivity index (χ0) is 27.3. The lowest BCUT2D eigenvalue weighted by atomic mass is 9.99. The predicted octanol–water partition coefficient (Wildman–Crippen LogP) is 5.57. The lowest BCUT2D eigenvalue weighted by Gasteiger charge is -2.14. The SMILES string of the molecule is COc1nc(-c2ccc(N)c(C/C(C#N)=C\c3ccccc3)c2)ccc1NS(=O)(=O)c1ccc(F)cc1F. The maximum absolute atomic E-state index is 14.1. The first-order valence-electron chi connectivity index (χ1n) is 11.3. The van der Waals surface area contributed by atoms with Crippen LogP contribution >= 0.6 is 0 Å². The normalized spacial score (nSPS) is 11.6. The number of ether oxygens (including phenoxy) is 1. The van der Waals surface area contributed by atoms with Crippen LogP contribution in [-0.4, -0.2) is 20.5 Å². The molecule has 1 aromatic heterocycles. The Morgan fingerprint density at radius 1 is 1.08 bits per heavy atom. The maximum Gasteiger partial charge on any atom is 0.264 e. The number of allylic oxidation sites excluding steroid dienone is 1. The molecule has 0 radical (unpaired) electrons. The number of methoxy groups -OCH3 is 1. The minimum atomic E-state index is -4.39. The molecule has 0 amide bonds. The molecule has 38 heavy (non-hydrogen) atoms. The van der Waals surface area contributed by atoms with E-state index in [1.807, 2.05) is 30.3 Å². The van der Waals surface area contributed by atoms with E-state index in [1.54, 1.807) is 30.3 Å². The van der Waals surface area contributed by atoms with Crippen LogP contribution in [0.4, 0.5) is 20.2 Å². The Morgan fingerprint density at radius 2 is 1.84 bits per heavy atom. The molecule has 0 aliphatic carbocycles. The van der Waals surface area contributed by atoms with Gasteiger partial charge in [0.05, 0.1) is 18.9 Å². The van der Waals surface area contributed by atoms with Crippen molar-refractivity contribution in [2.45, 2.75) is 11.3 Å². The van der Waals surface area contributed by atoms with Crippen molar-refractivity contribution < 1.29 is 21.9 Å². The van der Waals surface area contributed by atoms with Gasteiger partial charge in [-0.1, -0.05) is 36.4 Å². The molecule has 0 saturated heterocycles. The number of hydrogen-bond acceptors (Lipinski definition) is 6. The first kappa shape index (κ1) is 26.3. The average Bonchev–Trinajstić information content (AvgIpc) is 2.90. The van der Waals surface area contributed by atoms with E-state index < -0.39 is 26.6 Å². The Morgan fingerprint density at radius 3 is 2.53 bits per heavy atom. The third kappa shape index (κ3) is 5.96. The summed E-state index contributed by atoms with van der Waals surface area (Å²) in [6.45, 7) is 0. The highest BCUT2D eigenvalue weighted by Crippen LogP contribution is 2.31. The lowest BCUT2D eigenvalue weighted by Crippen LogP contribution is -2.15. The highest BCUT2D eigenvalue weighted by Gasteiger charge is 2.22. The quantitative estimate of drug-likeness (QED) is 0.226. The Bertz CT molecular complexity index is 1670. The van der Waals surface area contributed by atoms with E-state index in [0.29, 0.717) is 40.6 Å². The molecule has 0 unspecified atom stereocenters.